The van der Waals surface area contributed by atoms with E-state index >= 15 is 0 Å². The molecule has 0 bridgehead atoms. The maximum absolute atomic E-state index is 12.0. The lowest BCUT2D eigenvalue weighted by Gasteiger charge is -2.46. The van der Waals surface area contributed by atoms with Gasteiger partial charge in [-0.25, -0.2) is 4.79 Å². The largest absolute Gasteiger partial charge is 0.465 e. The van der Waals surface area contributed by atoms with E-state index in [9.17, 15) is 9.90 Å². The zero-order valence-corrected chi connectivity index (χ0v) is 16.2. The molecule has 0 aromatic heterocycles. The first-order valence-corrected chi connectivity index (χ1v) is 9.64. The number of benzene rings is 1. The Hall–Kier alpha value is -1.59. The minimum atomic E-state index is -0.853. The number of fused-ring (bicyclic) bond motifs is 1. The number of carboxylic acid groups (broad SMARTS) is 1. The Balaban J connectivity index is 1.92. The molecule has 1 atom stereocenters. The molecular formula is C21H31NO4. The molecule has 1 unspecified atom stereocenters. The molecule has 1 aliphatic heterocycles. The molecule has 0 saturated carbocycles. The van der Waals surface area contributed by atoms with Crippen molar-refractivity contribution in [1.29, 1.82) is 0 Å². The molecule has 144 valence electrons. The lowest BCUT2D eigenvalue weighted by molar-refractivity contribution is -0.0533. The van der Waals surface area contributed by atoms with E-state index in [0.29, 0.717) is 19.8 Å². The third kappa shape index (κ3) is 4.04. The van der Waals surface area contributed by atoms with E-state index < -0.39 is 11.6 Å². The molecule has 0 spiro atoms. The van der Waals surface area contributed by atoms with Gasteiger partial charge in [-0.15, -0.1) is 0 Å². The second-order valence-corrected chi connectivity index (χ2v) is 8.54. The average molecular weight is 361 g/mol. The first-order valence-electron chi connectivity index (χ1n) is 9.64. The van der Waals surface area contributed by atoms with E-state index in [1.807, 2.05) is 20.8 Å². The summed E-state index contributed by atoms with van der Waals surface area (Å²) in [6.45, 7) is 7.71. The van der Waals surface area contributed by atoms with E-state index in [1.165, 1.54) is 11.1 Å². The number of nitrogens with zero attached hydrogens (tertiary/aromatic N) is 1. The third-order valence-corrected chi connectivity index (χ3v) is 5.74. The molecule has 1 amide bonds. The maximum Gasteiger partial charge on any atom is 0.407 e. The Bertz CT molecular complexity index is 633. The van der Waals surface area contributed by atoms with E-state index in [1.54, 1.807) is 4.90 Å². The summed E-state index contributed by atoms with van der Waals surface area (Å²) in [6.07, 6.45) is 3.80. The van der Waals surface area contributed by atoms with Gasteiger partial charge in [0.25, 0.3) is 0 Å². The van der Waals surface area contributed by atoms with E-state index in [2.05, 4.69) is 24.3 Å². The van der Waals surface area contributed by atoms with Gasteiger partial charge in [0.1, 0.15) is 0 Å². The van der Waals surface area contributed by atoms with E-state index in [0.717, 1.165) is 32.1 Å². The fraction of sp³-hybridized carbons (Fsp3) is 0.667. The summed E-state index contributed by atoms with van der Waals surface area (Å²) in [5.74, 6) is 0. The molecule has 26 heavy (non-hydrogen) atoms. The number of hydrogen-bond acceptors (Lipinski definition) is 3. The first kappa shape index (κ1) is 19.2. The molecule has 1 fully saturated rings. The molecule has 1 N–H and O–H groups in total. The number of rotatable bonds is 5. The highest BCUT2D eigenvalue weighted by molar-refractivity contribution is 5.66. The van der Waals surface area contributed by atoms with Gasteiger partial charge in [-0.2, -0.15) is 0 Å². The smallest absolute Gasteiger partial charge is 0.407 e. The second kappa shape index (κ2) is 7.57. The van der Waals surface area contributed by atoms with Crippen LogP contribution >= 0.6 is 0 Å². The van der Waals surface area contributed by atoms with Crippen molar-refractivity contribution >= 4 is 6.09 Å². The van der Waals surface area contributed by atoms with Crippen LogP contribution in [0.15, 0.2) is 24.3 Å². The first-order chi connectivity index (χ1) is 12.3. The molecule has 5 nitrogen and oxygen atoms in total. The number of carbonyl (C=O) groups is 1. The summed E-state index contributed by atoms with van der Waals surface area (Å²) < 4.78 is 11.3. The molecule has 1 aromatic rings. The van der Waals surface area contributed by atoms with Crippen LogP contribution in [0.5, 0.6) is 0 Å². The lowest BCUT2D eigenvalue weighted by Crippen LogP contribution is -2.53. The number of aryl methyl sites for hydroxylation is 1. The average Bonchev–Trinajstić information content (AvgIpc) is 3.10. The van der Waals surface area contributed by atoms with Crippen LogP contribution in [0.25, 0.3) is 0 Å². The van der Waals surface area contributed by atoms with E-state index in [4.69, 9.17) is 9.47 Å². The summed E-state index contributed by atoms with van der Waals surface area (Å²) in [4.78, 5) is 13.6. The van der Waals surface area contributed by atoms with Crippen LogP contribution in [-0.2, 0) is 21.3 Å². The summed E-state index contributed by atoms with van der Waals surface area (Å²) in [5, 5.41) is 9.86. The van der Waals surface area contributed by atoms with Crippen molar-refractivity contribution in [2.24, 2.45) is 0 Å². The Morgan fingerprint density at radius 2 is 1.96 bits per heavy atom. The predicted molar refractivity (Wildman–Crippen MR) is 100 cm³/mol. The maximum atomic E-state index is 12.0. The van der Waals surface area contributed by atoms with E-state index in [-0.39, 0.29) is 11.7 Å². The Labute approximate surface area is 156 Å². The highest BCUT2D eigenvalue weighted by Gasteiger charge is 2.42. The summed E-state index contributed by atoms with van der Waals surface area (Å²) in [7, 11) is 0. The standard InChI is InChI=1S/C21H31NO4/c1-20(2,3)22(19(23)24)15-21(12-10-18-25-13-14-26-18)11-6-8-16-7-4-5-9-17(16)21/h4-5,7,9,18H,6,8,10-15H2,1-3H3,(H,23,24). The highest BCUT2D eigenvalue weighted by Crippen LogP contribution is 2.43. The monoisotopic (exact) mass is 361 g/mol. The van der Waals surface area contributed by atoms with Crippen molar-refractivity contribution in [3.05, 3.63) is 35.4 Å². The molecule has 0 radical (unpaired) electrons. The van der Waals surface area contributed by atoms with Gasteiger partial charge < -0.3 is 19.5 Å². The summed E-state index contributed by atoms with van der Waals surface area (Å²) >= 11 is 0. The fourth-order valence-electron chi connectivity index (χ4n) is 4.37. The third-order valence-electron chi connectivity index (χ3n) is 5.74. The van der Waals surface area contributed by atoms with Gasteiger partial charge in [-0.1, -0.05) is 24.3 Å². The lowest BCUT2D eigenvalue weighted by atomic mass is 9.66. The quantitative estimate of drug-likeness (QED) is 0.854. The number of ether oxygens (including phenoxy) is 2. The van der Waals surface area contributed by atoms with Crippen molar-refractivity contribution in [2.75, 3.05) is 19.8 Å². The number of hydrogen-bond donors (Lipinski definition) is 1. The van der Waals surface area contributed by atoms with Crippen LogP contribution in [0.1, 0.15) is 57.6 Å². The Morgan fingerprint density at radius 1 is 1.27 bits per heavy atom. The fourth-order valence-corrected chi connectivity index (χ4v) is 4.37. The van der Waals surface area contributed by atoms with Gasteiger partial charge in [-0.3, -0.25) is 0 Å². The Kier molecular flexibility index (Phi) is 5.58. The van der Waals surface area contributed by atoms with Crippen LogP contribution in [0.3, 0.4) is 0 Å². The van der Waals surface area contributed by atoms with Crippen LogP contribution in [0.2, 0.25) is 0 Å². The topological polar surface area (TPSA) is 59.0 Å². The van der Waals surface area contributed by atoms with Gasteiger partial charge in [-0.05, 0) is 64.0 Å². The Morgan fingerprint density at radius 3 is 2.62 bits per heavy atom. The van der Waals surface area contributed by atoms with Crippen LogP contribution < -0.4 is 0 Å². The minimum Gasteiger partial charge on any atom is -0.465 e. The molecule has 1 aliphatic carbocycles. The molecule has 3 rings (SSSR count). The molecule has 2 aliphatic rings. The van der Waals surface area contributed by atoms with Gasteiger partial charge in [0.05, 0.1) is 13.2 Å². The molecule has 1 aromatic carbocycles. The normalized spacial score (nSPS) is 23.7. The van der Waals surface area contributed by atoms with Crippen molar-refractivity contribution < 1.29 is 19.4 Å². The highest BCUT2D eigenvalue weighted by atomic mass is 16.7. The van der Waals surface area contributed by atoms with Crippen molar-refractivity contribution in [3.8, 4) is 0 Å². The summed E-state index contributed by atoms with van der Waals surface area (Å²) in [5.41, 5.74) is 2.03. The van der Waals surface area contributed by atoms with Gasteiger partial charge >= 0.3 is 6.09 Å². The molecule has 5 heteroatoms. The van der Waals surface area contributed by atoms with Crippen LogP contribution in [0.4, 0.5) is 4.79 Å². The van der Waals surface area contributed by atoms with Gasteiger partial charge in [0.15, 0.2) is 6.29 Å². The predicted octanol–water partition coefficient (Wildman–Crippen LogP) is 4.19. The summed E-state index contributed by atoms with van der Waals surface area (Å²) in [6, 6.07) is 8.53. The molecule has 1 saturated heterocycles. The molecule has 1 heterocycles. The number of amides is 1. The zero-order chi connectivity index (χ0) is 18.8. The van der Waals surface area contributed by atoms with Crippen LogP contribution in [0, 0.1) is 0 Å². The van der Waals surface area contributed by atoms with Crippen molar-refractivity contribution in [3.63, 3.8) is 0 Å². The van der Waals surface area contributed by atoms with Gasteiger partial charge in [0.2, 0.25) is 0 Å². The SMILES string of the molecule is CC(C)(C)N(CC1(CCC2OCCO2)CCCc2ccccc21)C(=O)O. The van der Waals surface area contributed by atoms with Gasteiger partial charge in [0, 0.05) is 17.5 Å². The van der Waals surface area contributed by atoms with Crippen molar-refractivity contribution in [2.45, 2.75) is 70.1 Å². The minimum absolute atomic E-state index is 0.158. The molecular weight excluding hydrogens is 330 g/mol. The van der Waals surface area contributed by atoms with Crippen molar-refractivity contribution in [1.82, 2.24) is 4.90 Å². The second-order valence-electron chi connectivity index (χ2n) is 8.54. The van der Waals surface area contributed by atoms with Crippen LogP contribution in [-0.4, -0.2) is 47.7 Å². The zero-order valence-electron chi connectivity index (χ0n) is 16.2.